The molecule has 0 bridgehead atoms. The number of hydrogen-bond acceptors (Lipinski definition) is 2. The Labute approximate surface area is 107 Å². The maximum absolute atomic E-state index is 13.7. The molecule has 1 heterocycles. The van der Waals surface area contributed by atoms with Gasteiger partial charge in [-0.2, -0.15) is 0 Å². The van der Waals surface area contributed by atoms with E-state index in [0.717, 1.165) is 0 Å². The van der Waals surface area contributed by atoms with Crippen LogP contribution in [0.2, 0.25) is 0 Å². The third-order valence-electron chi connectivity index (χ3n) is 2.41. The third-order valence-corrected chi connectivity index (χ3v) is 2.90. The Hall–Kier alpha value is -1.20. The number of halogens is 2. The lowest BCUT2D eigenvalue weighted by atomic mass is 10.1. The van der Waals surface area contributed by atoms with Crippen LogP contribution in [0, 0.1) is 5.82 Å². The topological polar surface area (TPSA) is 54.7 Å². The van der Waals surface area contributed by atoms with Gasteiger partial charge < -0.3 is 10.7 Å². The fraction of sp³-hybridized carbons (Fsp3) is 0.250. The summed E-state index contributed by atoms with van der Waals surface area (Å²) in [5.41, 5.74) is 6.46. The molecule has 3 N–H and O–H groups in total. The standard InChI is InChI=1S/C12H13BrFN3/c1-12(2,15)11-16-6-10(17-11)8-4-3-7(13)5-9(8)14/h3-6H,15H2,1-2H3,(H,16,17). The van der Waals surface area contributed by atoms with E-state index in [1.165, 1.54) is 6.07 Å². The molecule has 0 aliphatic heterocycles. The monoisotopic (exact) mass is 297 g/mol. The molecule has 90 valence electrons. The van der Waals surface area contributed by atoms with Crippen molar-refractivity contribution in [2.75, 3.05) is 0 Å². The van der Waals surface area contributed by atoms with E-state index in [0.29, 0.717) is 21.6 Å². The summed E-state index contributed by atoms with van der Waals surface area (Å²) in [5.74, 6) is 0.333. The number of benzene rings is 1. The number of aromatic nitrogens is 2. The highest BCUT2D eigenvalue weighted by atomic mass is 79.9. The van der Waals surface area contributed by atoms with Crippen LogP contribution in [0.15, 0.2) is 28.9 Å². The van der Waals surface area contributed by atoms with Crippen LogP contribution in [0.1, 0.15) is 19.7 Å². The van der Waals surface area contributed by atoms with E-state index < -0.39 is 5.54 Å². The zero-order valence-electron chi connectivity index (χ0n) is 9.59. The second-order valence-electron chi connectivity index (χ2n) is 4.49. The maximum Gasteiger partial charge on any atom is 0.133 e. The van der Waals surface area contributed by atoms with Gasteiger partial charge in [0.2, 0.25) is 0 Å². The van der Waals surface area contributed by atoms with Crippen LogP contribution in [0.25, 0.3) is 11.3 Å². The minimum Gasteiger partial charge on any atom is -0.340 e. The van der Waals surface area contributed by atoms with Gasteiger partial charge in [0.05, 0.1) is 17.4 Å². The zero-order chi connectivity index (χ0) is 12.6. The lowest BCUT2D eigenvalue weighted by Crippen LogP contribution is -2.30. The molecule has 0 amide bonds. The number of imidazole rings is 1. The molecule has 0 fully saturated rings. The van der Waals surface area contributed by atoms with Crippen LogP contribution in [0.4, 0.5) is 4.39 Å². The minimum atomic E-state index is -0.565. The van der Waals surface area contributed by atoms with Gasteiger partial charge in [-0.1, -0.05) is 15.9 Å². The first-order chi connectivity index (χ1) is 7.88. The third kappa shape index (κ3) is 2.56. The number of nitrogens with one attached hydrogen (secondary N) is 1. The van der Waals surface area contributed by atoms with E-state index in [1.807, 2.05) is 13.8 Å². The molecule has 0 atom stereocenters. The SMILES string of the molecule is CC(C)(N)c1ncc(-c2ccc(Br)cc2F)[nH]1. The van der Waals surface area contributed by atoms with Crippen molar-refractivity contribution in [3.8, 4) is 11.3 Å². The van der Waals surface area contributed by atoms with E-state index >= 15 is 0 Å². The highest BCUT2D eigenvalue weighted by Gasteiger charge is 2.19. The number of hydrogen-bond donors (Lipinski definition) is 2. The molecule has 3 nitrogen and oxygen atoms in total. The lowest BCUT2D eigenvalue weighted by Gasteiger charge is -2.14. The molecule has 0 aliphatic rings. The predicted octanol–water partition coefficient (Wildman–Crippen LogP) is 3.17. The summed E-state index contributed by atoms with van der Waals surface area (Å²) < 4.78 is 14.4. The Morgan fingerprint density at radius 1 is 1.41 bits per heavy atom. The van der Waals surface area contributed by atoms with Crippen molar-refractivity contribution >= 4 is 15.9 Å². The minimum absolute atomic E-state index is 0.301. The van der Waals surface area contributed by atoms with Gasteiger partial charge in [0.25, 0.3) is 0 Å². The van der Waals surface area contributed by atoms with Crippen molar-refractivity contribution in [2.24, 2.45) is 5.73 Å². The van der Waals surface area contributed by atoms with Crippen LogP contribution in [-0.2, 0) is 5.54 Å². The van der Waals surface area contributed by atoms with Gasteiger partial charge in [0, 0.05) is 10.0 Å². The first-order valence-electron chi connectivity index (χ1n) is 5.18. The van der Waals surface area contributed by atoms with E-state index in [4.69, 9.17) is 5.73 Å². The van der Waals surface area contributed by atoms with Crippen molar-refractivity contribution in [1.29, 1.82) is 0 Å². The second-order valence-corrected chi connectivity index (χ2v) is 5.41. The summed E-state index contributed by atoms with van der Waals surface area (Å²) in [6.07, 6.45) is 1.59. The molecule has 0 spiro atoms. The molecule has 1 aromatic carbocycles. The summed E-state index contributed by atoms with van der Waals surface area (Å²) in [6.45, 7) is 3.68. The quantitative estimate of drug-likeness (QED) is 0.894. The first-order valence-corrected chi connectivity index (χ1v) is 5.97. The number of nitrogens with two attached hydrogens (primary N) is 1. The molecule has 0 unspecified atom stereocenters. The molecule has 1 aromatic heterocycles. The molecule has 5 heteroatoms. The number of H-pyrrole nitrogens is 1. The van der Waals surface area contributed by atoms with E-state index in [1.54, 1.807) is 18.3 Å². The highest BCUT2D eigenvalue weighted by molar-refractivity contribution is 9.10. The van der Waals surface area contributed by atoms with Crippen LogP contribution in [0.5, 0.6) is 0 Å². The van der Waals surface area contributed by atoms with Crippen molar-refractivity contribution < 1.29 is 4.39 Å². The van der Waals surface area contributed by atoms with Gasteiger partial charge >= 0.3 is 0 Å². The van der Waals surface area contributed by atoms with Crippen molar-refractivity contribution in [2.45, 2.75) is 19.4 Å². The summed E-state index contributed by atoms with van der Waals surface area (Å²) in [6, 6.07) is 4.90. The highest BCUT2D eigenvalue weighted by Crippen LogP contribution is 2.25. The Morgan fingerprint density at radius 3 is 2.65 bits per heavy atom. The van der Waals surface area contributed by atoms with Crippen LogP contribution in [-0.4, -0.2) is 9.97 Å². The molecule has 17 heavy (non-hydrogen) atoms. The average Bonchev–Trinajstić information content (AvgIpc) is 2.65. The fourth-order valence-electron chi connectivity index (χ4n) is 1.49. The number of aromatic amines is 1. The fourth-order valence-corrected chi connectivity index (χ4v) is 1.83. The zero-order valence-corrected chi connectivity index (χ0v) is 11.2. The Bertz CT molecular complexity index is 543. The first kappa shape index (κ1) is 12.3. The maximum atomic E-state index is 13.7. The van der Waals surface area contributed by atoms with Crippen LogP contribution >= 0.6 is 15.9 Å². The van der Waals surface area contributed by atoms with E-state index in [-0.39, 0.29) is 5.82 Å². The second kappa shape index (κ2) is 4.23. The average molecular weight is 298 g/mol. The summed E-state index contributed by atoms with van der Waals surface area (Å²) in [5, 5.41) is 0. The van der Waals surface area contributed by atoms with Gasteiger partial charge in [0.1, 0.15) is 11.6 Å². The van der Waals surface area contributed by atoms with Crippen LogP contribution < -0.4 is 5.73 Å². The Balaban J connectivity index is 2.44. The summed E-state index contributed by atoms with van der Waals surface area (Å²) in [7, 11) is 0. The summed E-state index contributed by atoms with van der Waals surface area (Å²) >= 11 is 3.22. The van der Waals surface area contributed by atoms with Crippen LogP contribution in [0.3, 0.4) is 0 Å². The molecular weight excluding hydrogens is 285 g/mol. The number of nitrogens with zero attached hydrogens (tertiary/aromatic N) is 1. The van der Waals surface area contributed by atoms with Crippen molar-refractivity contribution in [1.82, 2.24) is 9.97 Å². The predicted molar refractivity (Wildman–Crippen MR) is 68.9 cm³/mol. The molecule has 2 aromatic rings. The largest absolute Gasteiger partial charge is 0.340 e. The molecule has 0 radical (unpaired) electrons. The smallest absolute Gasteiger partial charge is 0.133 e. The number of rotatable bonds is 2. The Kier molecular flexibility index (Phi) is 3.05. The molecule has 0 saturated carbocycles. The molecule has 2 rings (SSSR count). The van der Waals surface area contributed by atoms with Crippen molar-refractivity contribution in [3.63, 3.8) is 0 Å². The van der Waals surface area contributed by atoms with E-state index in [2.05, 4.69) is 25.9 Å². The van der Waals surface area contributed by atoms with Gasteiger partial charge in [0.15, 0.2) is 0 Å². The van der Waals surface area contributed by atoms with Crippen molar-refractivity contribution in [3.05, 3.63) is 40.5 Å². The molecular formula is C12H13BrFN3. The normalized spacial score (nSPS) is 11.8. The van der Waals surface area contributed by atoms with Gasteiger partial charge in [-0.25, -0.2) is 9.37 Å². The molecule has 0 aliphatic carbocycles. The lowest BCUT2D eigenvalue weighted by molar-refractivity contribution is 0.520. The van der Waals surface area contributed by atoms with Gasteiger partial charge in [-0.15, -0.1) is 0 Å². The Morgan fingerprint density at radius 2 is 2.12 bits per heavy atom. The molecule has 0 saturated heterocycles. The van der Waals surface area contributed by atoms with Gasteiger partial charge in [-0.3, -0.25) is 0 Å². The van der Waals surface area contributed by atoms with E-state index in [9.17, 15) is 4.39 Å². The summed E-state index contributed by atoms with van der Waals surface area (Å²) in [4.78, 5) is 7.21. The van der Waals surface area contributed by atoms with Gasteiger partial charge in [-0.05, 0) is 32.0 Å².